The van der Waals surface area contributed by atoms with Gasteiger partial charge in [-0.1, -0.05) is 164 Å². The van der Waals surface area contributed by atoms with E-state index in [4.69, 9.17) is 19.9 Å². The minimum atomic E-state index is 0.639. The second-order valence-electron chi connectivity index (χ2n) is 15.4. The van der Waals surface area contributed by atoms with Crippen LogP contribution < -0.4 is 0 Å². The number of para-hydroxylation sites is 2. The number of hydrogen-bond donors (Lipinski definition) is 0. The second kappa shape index (κ2) is 14.2. The van der Waals surface area contributed by atoms with Gasteiger partial charge in [-0.2, -0.15) is 0 Å². The summed E-state index contributed by atoms with van der Waals surface area (Å²) < 4.78 is 2.40. The van der Waals surface area contributed by atoms with Gasteiger partial charge in [0.1, 0.15) is 0 Å². The van der Waals surface area contributed by atoms with Gasteiger partial charge in [-0.15, -0.1) is 0 Å². The Labute approximate surface area is 351 Å². The van der Waals surface area contributed by atoms with Gasteiger partial charge in [-0.05, 0) is 75.8 Å². The first-order chi connectivity index (χ1) is 30.2. The van der Waals surface area contributed by atoms with E-state index in [0.29, 0.717) is 17.5 Å². The molecule has 5 nitrogen and oxygen atoms in total. The van der Waals surface area contributed by atoms with E-state index in [1.165, 1.54) is 16.2 Å². The molecule has 0 bridgehead atoms. The molecule has 0 amide bonds. The summed E-state index contributed by atoms with van der Waals surface area (Å²) in [4.78, 5) is 20.4. The van der Waals surface area contributed by atoms with Gasteiger partial charge in [-0.25, -0.2) is 19.9 Å². The van der Waals surface area contributed by atoms with E-state index in [9.17, 15) is 0 Å². The van der Waals surface area contributed by atoms with Gasteiger partial charge in [0.05, 0.1) is 22.2 Å². The third-order valence-electron chi connectivity index (χ3n) is 11.8. The summed E-state index contributed by atoms with van der Waals surface area (Å²) in [6.07, 6.45) is 0. The third-order valence-corrected chi connectivity index (χ3v) is 11.8. The van der Waals surface area contributed by atoms with Gasteiger partial charge in [0.2, 0.25) is 0 Å². The number of pyridine rings is 1. The van der Waals surface area contributed by atoms with Crippen molar-refractivity contribution < 1.29 is 0 Å². The Hall–Kier alpha value is -8.28. The maximum atomic E-state index is 5.27. The van der Waals surface area contributed by atoms with Crippen molar-refractivity contribution in [1.29, 1.82) is 0 Å². The molecule has 9 aromatic carbocycles. The van der Waals surface area contributed by atoms with Crippen molar-refractivity contribution in [3.05, 3.63) is 212 Å². The van der Waals surface area contributed by atoms with Gasteiger partial charge in [0, 0.05) is 49.5 Å². The Morgan fingerprint density at radius 3 is 1.48 bits per heavy atom. The lowest BCUT2D eigenvalue weighted by molar-refractivity contribution is 1.08. The number of aromatic nitrogens is 5. The van der Waals surface area contributed by atoms with E-state index >= 15 is 0 Å². The van der Waals surface area contributed by atoms with Crippen LogP contribution in [-0.4, -0.2) is 24.5 Å². The molecule has 61 heavy (non-hydrogen) atoms. The molecular weight excluding hydrogens is 743 g/mol. The first-order valence-corrected chi connectivity index (χ1v) is 20.6. The summed E-state index contributed by atoms with van der Waals surface area (Å²) >= 11 is 0. The predicted octanol–water partition coefficient (Wildman–Crippen LogP) is 14.2. The summed E-state index contributed by atoms with van der Waals surface area (Å²) in [7, 11) is 0. The van der Waals surface area contributed by atoms with Crippen LogP contribution in [0.1, 0.15) is 0 Å². The Kier molecular flexibility index (Phi) is 8.10. The highest BCUT2D eigenvalue weighted by Gasteiger charge is 2.20. The summed E-state index contributed by atoms with van der Waals surface area (Å²) in [6.45, 7) is 0. The minimum absolute atomic E-state index is 0.639. The zero-order valence-corrected chi connectivity index (χ0v) is 32.9. The van der Waals surface area contributed by atoms with Gasteiger partial charge in [-0.3, -0.25) is 0 Å². The Morgan fingerprint density at radius 1 is 0.279 bits per heavy atom. The molecule has 0 aliphatic heterocycles. The van der Waals surface area contributed by atoms with E-state index in [1.54, 1.807) is 0 Å². The summed E-state index contributed by atoms with van der Waals surface area (Å²) in [5.74, 6) is 1.93. The molecule has 12 rings (SSSR count). The maximum absolute atomic E-state index is 5.27. The van der Waals surface area contributed by atoms with Crippen LogP contribution in [-0.2, 0) is 0 Å². The van der Waals surface area contributed by atoms with E-state index in [0.717, 1.165) is 82.9 Å². The van der Waals surface area contributed by atoms with Crippen molar-refractivity contribution in [3.8, 4) is 62.2 Å². The number of nitrogens with zero attached hydrogens (tertiary/aromatic N) is 5. The molecule has 0 atom stereocenters. The standard InChI is InChI=1S/C56H35N5/c1-5-17-36(18-6-1)53-49-35-52-48(34-46(49)44-27-15-16-28-50(44)57-53)47-33-39(29-32-51(47)61(52)40-23-11-4-12-24-40)41-30-31-45(43-26-14-13-25-42(41)43)56-59-54(37-19-7-2-8-20-37)58-55(60-56)38-21-9-3-10-22-38/h1-35H. The monoisotopic (exact) mass is 777 g/mol. The number of rotatable bonds is 6. The SMILES string of the molecule is c1ccc(-c2nc(-c3ccccc3)nc(-c3ccc(-c4ccc5c(c4)c4cc6c(cc4n5-c4ccccc4)c(-c4ccccc4)nc4ccccc46)c4ccccc34)n2)cc1. The number of fused-ring (bicyclic) bond motifs is 7. The van der Waals surface area contributed by atoms with Crippen molar-refractivity contribution in [2.24, 2.45) is 0 Å². The van der Waals surface area contributed by atoms with Crippen LogP contribution in [0.2, 0.25) is 0 Å². The van der Waals surface area contributed by atoms with Crippen LogP contribution in [0, 0.1) is 0 Å². The fourth-order valence-electron chi connectivity index (χ4n) is 8.98. The average Bonchev–Trinajstić information content (AvgIpc) is 3.66. The number of benzene rings is 9. The van der Waals surface area contributed by atoms with Gasteiger partial charge >= 0.3 is 0 Å². The molecule has 0 aliphatic rings. The number of hydrogen-bond acceptors (Lipinski definition) is 4. The van der Waals surface area contributed by atoms with Crippen molar-refractivity contribution in [3.63, 3.8) is 0 Å². The largest absolute Gasteiger partial charge is 0.309 e. The highest BCUT2D eigenvalue weighted by molar-refractivity contribution is 6.21. The lowest BCUT2D eigenvalue weighted by atomic mass is 9.93. The first-order valence-electron chi connectivity index (χ1n) is 20.6. The molecule has 3 heterocycles. The molecule has 0 unspecified atom stereocenters. The second-order valence-corrected chi connectivity index (χ2v) is 15.4. The molecule has 0 saturated carbocycles. The molecule has 0 spiro atoms. The third kappa shape index (κ3) is 5.86. The highest BCUT2D eigenvalue weighted by atomic mass is 15.0. The molecule has 0 aliphatic carbocycles. The van der Waals surface area contributed by atoms with Crippen LogP contribution in [0.25, 0.3) is 116 Å². The lowest BCUT2D eigenvalue weighted by Crippen LogP contribution is -2.00. The van der Waals surface area contributed by atoms with Gasteiger partial charge < -0.3 is 4.57 Å². The summed E-state index contributed by atoms with van der Waals surface area (Å²) in [5, 5.41) is 8.04. The normalized spacial score (nSPS) is 11.6. The minimum Gasteiger partial charge on any atom is -0.309 e. The van der Waals surface area contributed by atoms with E-state index in [2.05, 4.69) is 156 Å². The van der Waals surface area contributed by atoms with Gasteiger partial charge in [0.15, 0.2) is 17.5 Å². The van der Waals surface area contributed by atoms with Crippen molar-refractivity contribution >= 4 is 54.3 Å². The highest BCUT2D eigenvalue weighted by Crippen LogP contribution is 2.42. The van der Waals surface area contributed by atoms with E-state index < -0.39 is 0 Å². The van der Waals surface area contributed by atoms with Crippen LogP contribution in [0.5, 0.6) is 0 Å². The summed E-state index contributed by atoms with van der Waals surface area (Å²) in [5.41, 5.74) is 11.6. The van der Waals surface area contributed by atoms with Crippen molar-refractivity contribution in [2.75, 3.05) is 0 Å². The van der Waals surface area contributed by atoms with Crippen molar-refractivity contribution in [2.45, 2.75) is 0 Å². The topological polar surface area (TPSA) is 56.5 Å². The predicted molar refractivity (Wildman–Crippen MR) is 252 cm³/mol. The van der Waals surface area contributed by atoms with Gasteiger partial charge in [0.25, 0.3) is 0 Å². The molecule has 284 valence electrons. The quantitative estimate of drug-likeness (QED) is 0.158. The molecule has 12 aromatic rings. The molecule has 0 saturated heterocycles. The molecular formula is C56H35N5. The fourth-order valence-corrected chi connectivity index (χ4v) is 8.98. The van der Waals surface area contributed by atoms with Crippen molar-refractivity contribution in [1.82, 2.24) is 24.5 Å². The van der Waals surface area contributed by atoms with E-state index in [1.807, 2.05) is 60.7 Å². The zero-order chi connectivity index (χ0) is 40.3. The molecule has 0 radical (unpaired) electrons. The Balaban J connectivity index is 1.09. The first kappa shape index (κ1) is 34.7. The van der Waals surface area contributed by atoms with Crippen LogP contribution >= 0.6 is 0 Å². The van der Waals surface area contributed by atoms with Crippen LogP contribution in [0.15, 0.2) is 212 Å². The van der Waals surface area contributed by atoms with Crippen LogP contribution in [0.4, 0.5) is 0 Å². The molecule has 0 N–H and O–H groups in total. The smallest absolute Gasteiger partial charge is 0.164 e. The molecule has 0 fully saturated rings. The molecule has 3 aromatic heterocycles. The zero-order valence-electron chi connectivity index (χ0n) is 32.9. The Morgan fingerprint density at radius 2 is 0.803 bits per heavy atom. The Bertz CT molecular complexity index is 3560. The molecule has 5 heteroatoms. The van der Waals surface area contributed by atoms with E-state index in [-0.39, 0.29) is 0 Å². The average molecular weight is 778 g/mol. The lowest BCUT2D eigenvalue weighted by Gasteiger charge is -2.13. The summed E-state index contributed by atoms with van der Waals surface area (Å²) in [6, 6.07) is 74.6. The van der Waals surface area contributed by atoms with Crippen LogP contribution in [0.3, 0.4) is 0 Å². The fraction of sp³-hybridized carbons (Fsp3) is 0. The maximum Gasteiger partial charge on any atom is 0.164 e.